The normalized spacial score (nSPS) is 21.5. The highest BCUT2D eigenvalue weighted by Crippen LogP contribution is 2.33. The average Bonchev–Trinajstić information content (AvgIpc) is 2.74. The van der Waals surface area contributed by atoms with Crippen molar-refractivity contribution in [2.24, 2.45) is 0 Å². The molecule has 0 radical (unpaired) electrons. The van der Waals surface area contributed by atoms with Crippen LogP contribution in [0, 0.1) is 0 Å². The van der Waals surface area contributed by atoms with Crippen molar-refractivity contribution in [3.05, 3.63) is 18.2 Å². The van der Waals surface area contributed by atoms with Gasteiger partial charge in [0.25, 0.3) is 0 Å². The highest BCUT2D eigenvalue weighted by atomic mass is 16.6. The average molecular weight is 395 g/mol. The predicted octanol–water partition coefficient (Wildman–Crippen LogP) is 2.51. The molecule has 3 rings (SSSR count). The van der Waals surface area contributed by atoms with E-state index in [1.165, 1.54) is 24.9 Å². The Morgan fingerprint density at radius 1 is 0.536 bits per heavy atom. The third kappa shape index (κ3) is 7.47. The van der Waals surface area contributed by atoms with E-state index in [2.05, 4.69) is 17.0 Å². The maximum absolute atomic E-state index is 5.99. The molecule has 2 aliphatic rings. The molecule has 0 unspecified atom stereocenters. The minimum Gasteiger partial charge on any atom is -0.487 e. The Morgan fingerprint density at radius 3 is 1.61 bits per heavy atom. The Morgan fingerprint density at radius 2 is 1.04 bits per heavy atom. The van der Waals surface area contributed by atoms with Gasteiger partial charge in [0, 0.05) is 24.8 Å². The molecule has 0 bridgehead atoms. The molecule has 0 atom stereocenters. The quantitative estimate of drug-likeness (QED) is 0.724. The smallest absolute Gasteiger partial charge is 0.163 e. The lowest BCUT2D eigenvalue weighted by Gasteiger charge is -2.29. The molecule has 0 aromatic heterocycles. The lowest BCUT2D eigenvalue weighted by atomic mass is 10.1. The van der Waals surface area contributed by atoms with Gasteiger partial charge < -0.3 is 33.3 Å². The molecule has 1 aromatic carbocycles. The van der Waals surface area contributed by atoms with Crippen molar-refractivity contribution in [2.45, 2.75) is 19.3 Å². The van der Waals surface area contributed by atoms with Gasteiger partial charge in [-0.15, -0.1) is 0 Å². The number of piperidine rings is 1. The fourth-order valence-corrected chi connectivity index (χ4v) is 3.26. The maximum Gasteiger partial charge on any atom is 0.163 e. The van der Waals surface area contributed by atoms with E-state index in [0.717, 1.165) is 24.6 Å². The summed E-state index contributed by atoms with van der Waals surface area (Å²) in [6.07, 6.45) is 3.80. The summed E-state index contributed by atoms with van der Waals surface area (Å²) in [4.78, 5) is 2.41. The summed E-state index contributed by atoms with van der Waals surface area (Å²) in [5.41, 5.74) is 1.19. The number of nitrogens with zero attached hydrogens (tertiary/aromatic N) is 1. The van der Waals surface area contributed by atoms with Gasteiger partial charge in [-0.25, -0.2) is 0 Å². The van der Waals surface area contributed by atoms with Crippen LogP contribution in [-0.4, -0.2) is 79.2 Å². The monoisotopic (exact) mass is 395 g/mol. The molecule has 0 aliphatic carbocycles. The van der Waals surface area contributed by atoms with E-state index in [-0.39, 0.29) is 0 Å². The SMILES string of the molecule is c1cc2c(cc1N1CCCCC1)OCCOCCOCCOCCOCCO2. The first-order valence-electron chi connectivity index (χ1n) is 10.4. The van der Waals surface area contributed by atoms with Crippen LogP contribution in [0.25, 0.3) is 0 Å². The summed E-state index contributed by atoms with van der Waals surface area (Å²) >= 11 is 0. The standard InChI is InChI=1S/C21H33NO6/c1-2-6-22(7-3-1)19-4-5-20-21(18-19)28-17-15-26-13-11-24-9-8-23-10-12-25-14-16-27-20/h4-5,18H,1-3,6-17H2. The molecule has 2 heterocycles. The van der Waals surface area contributed by atoms with Crippen molar-refractivity contribution in [2.75, 3.05) is 84.1 Å². The van der Waals surface area contributed by atoms with Crippen LogP contribution >= 0.6 is 0 Å². The van der Waals surface area contributed by atoms with Gasteiger partial charge in [0.2, 0.25) is 0 Å². The Bertz CT molecular complexity index is 550. The van der Waals surface area contributed by atoms with Gasteiger partial charge in [0.15, 0.2) is 11.5 Å². The lowest BCUT2D eigenvalue weighted by Crippen LogP contribution is -2.29. The molecule has 7 nitrogen and oxygen atoms in total. The number of hydrogen-bond acceptors (Lipinski definition) is 7. The summed E-state index contributed by atoms with van der Waals surface area (Å²) in [6, 6.07) is 6.19. The second-order valence-electron chi connectivity index (χ2n) is 6.83. The van der Waals surface area contributed by atoms with E-state index < -0.39 is 0 Å². The molecule has 158 valence electrons. The van der Waals surface area contributed by atoms with Crippen molar-refractivity contribution in [1.82, 2.24) is 0 Å². The van der Waals surface area contributed by atoms with Crippen molar-refractivity contribution in [3.63, 3.8) is 0 Å². The minimum atomic E-state index is 0.471. The van der Waals surface area contributed by atoms with Crippen LogP contribution in [0.15, 0.2) is 18.2 Å². The number of anilines is 1. The molecular weight excluding hydrogens is 362 g/mol. The number of rotatable bonds is 1. The van der Waals surface area contributed by atoms with Gasteiger partial charge in [0.1, 0.15) is 13.2 Å². The largest absolute Gasteiger partial charge is 0.487 e. The molecule has 1 fully saturated rings. The summed E-state index contributed by atoms with van der Waals surface area (Å²) in [6.45, 7) is 7.48. The fourth-order valence-electron chi connectivity index (χ4n) is 3.26. The Balaban J connectivity index is 1.58. The van der Waals surface area contributed by atoms with Crippen LogP contribution in [0.4, 0.5) is 5.69 Å². The number of fused-ring (bicyclic) bond motifs is 1. The Labute approximate surface area is 167 Å². The number of ether oxygens (including phenoxy) is 6. The third-order valence-electron chi connectivity index (χ3n) is 4.74. The Hall–Kier alpha value is -1.54. The highest BCUT2D eigenvalue weighted by Gasteiger charge is 2.14. The topological polar surface area (TPSA) is 58.6 Å². The van der Waals surface area contributed by atoms with Gasteiger partial charge in [-0.05, 0) is 31.4 Å². The fraction of sp³-hybridized carbons (Fsp3) is 0.714. The van der Waals surface area contributed by atoms with E-state index >= 15 is 0 Å². The number of hydrogen-bond donors (Lipinski definition) is 0. The van der Waals surface area contributed by atoms with Crippen LogP contribution in [0.5, 0.6) is 11.5 Å². The van der Waals surface area contributed by atoms with E-state index in [1.54, 1.807) is 0 Å². The molecule has 28 heavy (non-hydrogen) atoms. The first-order chi connectivity index (χ1) is 13.9. The maximum atomic E-state index is 5.99. The molecule has 0 amide bonds. The molecule has 0 N–H and O–H groups in total. The van der Waals surface area contributed by atoms with Crippen LogP contribution < -0.4 is 14.4 Å². The molecule has 7 heteroatoms. The molecule has 2 aliphatic heterocycles. The second kappa shape index (κ2) is 12.8. The first kappa shape index (κ1) is 21.2. The van der Waals surface area contributed by atoms with Crippen LogP contribution in [0.3, 0.4) is 0 Å². The van der Waals surface area contributed by atoms with Crippen molar-refractivity contribution < 1.29 is 28.4 Å². The molecule has 1 aromatic rings. The molecular formula is C21H33NO6. The van der Waals surface area contributed by atoms with Crippen LogP contribution in [0.1, 0.15) is 19.3 Å². The second-order valence-corrected chi connectivity index (χ2v) is 6.83. The summed E-state index contributed by atoms with van der Waals surface area (Å²) < 4.78 is 33.9. The van der Waals surface area contributed by atoms with Crippen molar-refractivity contribution >= 4 is 5.69 Å². The van der Waals surface area contributed by atoms with Crippen molar-refractivity contribution in [1.29, 1.82) is 0 Å². The first-order valence-corrected chi connectivity index (χ1v) is 10.4. The zero-order chi connectivity index (χ0) is 19.3. The van der Waals surface area contributed by atoms with E-state index in [9.17, 15) is 0 Å². The van der Waals surface area contributed by atoms with Crippen molar-refractivity contribution in [3.8, 4) is 11.5 Å². The molecule has 0 spiro atoms. The minimum absolute atomic E-state index is 0.471. The van der Waals surface area contributed by atoms with Gasteiger partial charge in [0.05, 0.1) is 52.9 Å². The zero-order valence-corrected chi connectivity index (χ0v) is 16.7. The van der Waals surface area contributed by atoms with E-state index in [4.69, 9.17) is 28.4 Å². The van der Waals surface area contributed by atoms with Crippen LogP contribution in [-0.2, 0) is 18.9 Å². The predicted molar refractivity (Wildman–Crippen MR) is 107 cm³/mol. The Kier molecular flexibility index (Phi) is 9.70. The van der Waals surface area contributed by atoms with Crippen LogP contribution in [0.2, 0.25) is 0 Å². The molecule has 0 saturated carbocycles. The number of benzene rings is 1. The molecule has 1 saturated heterocycles. The van der Waals surface area contributed by atoms with Gasteiger partial charge in [-0.1, -0.05) is 0 Å². The van der Waals surface area contributed by atoms with Gasteiger partial charge >= 0.3 is 0 Å². The van der Waals surface area contributed by atoms with E-state index in [1.807, 2.05) is 6.07 Å². The summed E-state index contributed by atoms with van der Waals surface area (Å²) in [5, 5.41) is 0. The summed E-state index contributed by atoms with van der Waals surface area (Å²) in [7, 11) is 0. The third-order valence-corrected chi connectivity index (χ3v) is 4.74. The lowest BCUT2D eigenvalue weighted by molar-refractivity contribution is -0.00841. The van der Waals surface area contributed by atoms with Gasteiger partial charge in [-0.2, -0.15) is 0 Å². The highest BCUT2D eigenvalue weighted by molar-refractivity contribution is 5.56. The van der Waals surface area contributed by atoms with Gasteiger partial charge in [-0.3, -0.25) is 0 Å². The van der Waals surface area contributed by atoms with E-state index in [0.29, 0.717) is 66.1 Å². The zero-order valence-electron chi connectivity index (χ0n) is 16.7. The summed E-state index contributed by atoms with van der Waals surface area (Å²) in [5.74, 6) is 1.50.